The van der Waals surface area contributed by atoms with Crippen molar-refractivity contribution >= 4 is 8.80 Å². The molecule has 0 aliphatic rings. The molecular weight excluding hydrogens is 318 g/mol. The Balaban J connectivity index is 3.00. The lowest BCUT2D eigenvalue weighted by Crippen LogP contribution is -2.54. The van der Waals surface area contributed by atoms with Gasteiger partial charge < -0.3 is 19.0 Å². The molecule has 0 aromatic heterocycles. The van der Waals surface area contributed by atoms with Crippen LogP contribution in [0.25, 0.3) is 0 Å². The van der Waals surface area contributed by atoms with E-state index in [2.05, 4.69) is 38.1 Å². The lowest BCUT2D eigenvalue weighted by atomic mass is 10.1. The highest BCUT2D eigenvalue weighted by atomic mass is 28.4. The fraction of sp³-hybridized carbons (Fsp3) is 0.684. The van der Waals surface area contributed by atoms with E-state index >= 15 is 0 Å². The summed E-state index contributed by atoms with van der Waals surface area (Å²) in [6.07, 6.45) is 1.76. The zero-order valence-electron chi connectivity index (χ0n) is 16.2. The highest BCUT2D eigenvalue weighted by Gasteiger charge is 2.46. The smallest absolute Gasteiger partial charge is 0.371 e. The Bertz CT molecular complexity index is 453. The third-order valence-electron chi connectivity index (χ3n) is 3.57. The van der Waals surface area contributed by atoms with E-state index in [4.69, 9.17) is 19.0 Å². The molecule has 0 saturated carbocycles. The monoisotopic (exact) mass is 353 g/mol. The fourth-order valence-corrected chi connectivity index (χ4v) is 6.19. The second-order valence-electron chi connectivity index (χ2n) is 7.40. The molecule has 2 N–H and O–H groups in total. The third kappa shape index (κ3) is 7.90. The Kier molecular flexibility index (Phi) is 8.60. The van der Waals surface area contributed by atoms with Gasteiger partial charge in [0.2, 0.25) is 0 Å². The van der Waals surface area contributed by atoms with Crippen LogP contribution in [0, 0.1) is 0 Å². The molecule has 1 aromatic carbocycles. The summed E-state index contributed by atoms with van der Waals surface area (Å²) in [7, 11) is -2.83. The first-order chi connectivity index (χ1) is 11.2. The van der Waals surface area contributed by atoms with Gasteiger partial charge in [-0.05, 0) is 66.5 Å². The highest BCUT2D eigenvalue weighted by Crippen LogP contribution is 2.29. The summed E-state index contributed by atoms with van der Waals surface area (Å²) >= 11 is 0. The van der Waals surface area contributed by atoms with Crippen LogP contribution in [0.4, 0.5) is 0 Å². The first-order valence-electron chi connectivity index (χ1n) is 8.98. The zero-order valence-corrected chi connectivity index (χ0v) is 17.2. The van der Waals surface area contributed by atoms with Gasteiger partial charge in [0.05, 0.1) is 5.60 Å². The summed E-state index contributed by atoms with van der Waals surface area (Å²) in [6.45, 7) is 12.9. The Morgan fingerprint density at radius 3 is 2.00 bits per heavy atom. The Morgan fingerprint density at radius 1 is 1.00 bits per heavy atom. The van der Waals surface area contributed by atoms with Crippen molar-refractivity contribution in [2.75, 3.05) is 6.54 Å². The van der Waals surface area contributed by atoms with E-state index in [0.29, 0.717) is 6.54 Å². The van der Waals surface area contributed by atoms with Crippen LogP contribution >= 0.6 is 0 Å². The number of benzene rings is 1. The van der Waals surface area contributed by atoms with Gasteiger partial charge in [-0.15, -0.1) is 0 Å². The van der Waals surface area contributed by atoms with E-state index in [9.17, 15) is 0 Å². The number of nitrogens with two attached hydrogens (primary N) is 1. The summed E-state index contributed by atoms with van der Waals surface area (Å²) in [5.41, 5.74) is 6.67. The average Bonchev–Trinajstić information content (AvgIpc) is 2.44. The topological polar surface area (TPSA) is 53.7 Å². The van der Waals surface area contributed by atoms with Gasteiger partial charge in [-0.25, -0.2) is 0 Å². The van der Waals surface area contributed by atoms with Gasteiger partial charge in [0.25, 0.3) is 0 Å². The molecule has 0 bridgehead atoms. The standard InChI is InChI=1S/C19H35NO3Si/c1-16(2)21-24(22-17(3)4,23-19(5,6)13-14-20)15-12-18-10-8-7-9-11-18/h7-11,16-17H,12-15,20H2,1-6H3. The molecule has 0 fully saturated rings. The van der Waals surface area contributed by atoms with Crippen LogP contribution in [0.1, 0.15) is 53.5 Å². The molecule has 1 rings (SSSR count). The summed E-state index contributed by atoms with van der Waals surface area (Å²) < 4.78 is 19.1. The molecule has 0 heterocycles. The number of hydrogen-bond donors (Lipinski definition) is 1. The Hall–Kier alpha value is -0.723. The minimum absolute atomic E-state index is 0.0554. The molecule has 0 aliphatic heterocycles. The summed E-state index contributed by atoms with van der Waals surface area (Å²) in [5, 5.41) is 0. The Morgan fingerprint density at radius 2 is 1.54 bits per heavy atom. The largest absolute Gasteiger partial charge is 0.502 e. The summed E-state index contributed by atoms with van der Waals surface area (Å²) in [4.78, 5) is 0. The van der Waals surface area contributed by atoms with Crippen molar-refractivity contribution < 1.29 is 13.3 Å². The van der Waals surface area contributed by atoms with Gasteiger partial charge in [-0.1, -0.05) is 30.3 Å². The lowest BCUT2D eigenvalue weighted by Gasteiger charge is -2.39. The molecule has 1 aromatic rings. The Labute approximate surface area is 149 Å². The van der Waals surface area contributed by atoms with Crippen LogP contribution < -0.4 is 5.73 Å². The van der Waals surface area contributed by atoms with Crippen molar-refractivity contribution in [3.63, 3.8) is 0 Å². The summed E-state index contributed by atoms with van der Waals surface area (Å²) in [5.74, 6) is 0. The molecule has 0 aliphatic carbocycles. The zero-order chi connectivity index (χ0) is 18.2. The second-order valence-corrected chi connectivity index (χ2v) is 9.94. The molecule has 0 spiro atoms. The molecule has 0 radical (unpaired) electrons. The fourth-order valence-electron chi connectivity index (χ4n) is 2.72. The normalized spacial score (nSPS) is 13.0. The predicted octanol–water partition coefficient (Wildman–Crippen LogP) is 4.16. The minimum Gasteiger partial charge on any atom is -0.371 e. The van der Waals surface area contributed by atoms with Crippen molar-refractivity contribution in [2.45, 2.75) is 78.2 Å². The quantitative estimate of drug-likeness (QED) is 0.607. The van der Waals surface area contributed by atoms with Crippen LogP contribution in [0.15, 0.2) is 30.3 Å². The molecule has 24 heavy (non-hydrogen) atoms. The minimum atomic E-state index is -2.83. The van der Waals surface area contributed by atoms with Crippen LogP contribution in [0.2, 0.25) is 6.04 Å². The average molecular weight is 354 g/mol. The van der Waals surface area contributed by atoms with Gasteiger partial charge in [0, 0.05) is 18.3 Å². The predicted molar refractivity (Wildman–Crippen MR) is 102 cm³/mol. The number of aryl methyl sites for hydroxylation is 1. The van der Waals surface area contributed by atoms with Crippen LogP contribution in [-0.2, 0) is 19.7 Å². The van der Waals surface area contributed by atoms with E-state index < -0.39 is 8.80 Å². The van der Waals surface area contributed by atoms with Gasteiger partial charge in [0.1, 0.15) is 0 Å². The van der Waals surface area contributed by atoms with Crippen molar-refractivity contribution in [2.24, 2.45) is 5.73 Å². The maximum atomic E-state index is 6.52. The molecule has 5 heteroatoms. The molecule has 0 unspecified atom stereocenters. The van der Waals surface area contributed by atoms with Crippen molar-refractivity contribution in [3.8, 4) is 0 Å². The van der Waals surface area contributed by atoms with Crippen LogP contribution in [0.5, 0.6) is 0 Å². The second kappa shape index (κ2) is 9.68. The van der Waals surface area contributed by atoms with Crippen molar-refractivity contribution in [1.29, 1.82) is 0 Å². The van der Waals surface area contributed by atoms with E-state index in [1.54, 1.807) is 0 Å². The van der Waals surface area contributed by atoms with Gasteiger partial charge >= 0.3 is 8.80 Å². The maximum Gasteiger partial charge on any atom is 0.502 e. The van der Waals surface area contributed by atoms with Crippen molar-refractivity contribution in [1.82, 2.24) is 0 Å². The van der Waals surface area contributed by atoms with E-state index in [0.717, 1.165) is 18.9 Å². The molecule has 138 valence electrons. The van der Waals surface area contributed by atoms with Gasteiger partial charge in [0.15, 0.2) is 0 Å². The number of hydrogen-bond acceptors (Lipinski definition) is 4. The van der Waals surface area contributed by atoms with E-state index in [1.165, 1.54) is 5.56 Å². The number of rotatable bonds is 11. The third-order valence-corrected chi connectivity index (χ3v) is 6.96. The van der Waals surface area contributed by atoms with Gasteiger partial charge in [-0.3, -0.25) is 0 Å². The first kappa shape index (κ1) is 21.3. The molecule has 0 saturated heterocycles. The maximum absolute atomic E-state index is 6.52. The van der Waals surface area contributed by atoms with E-state index in [-0.39, 0.29) is 17.8 Å². The highest BCUT2D eigenvalue weighted by molar-refractivity contribution is 6.61. The van der Waals surface area contributed by atoms with E-state index in [1.807, 2.05) is 33.8 Å². The lowest BCUT2D eigenvalue weighted by molar-refractivity contribution is -0.0391. The molecular formula is C19H35NO3Si. The first-order valence-corrected chi connectivity index (χ1v) is 10.9. The molecule has 0 amide bonds. The van der Waals surface area contributed by atoms with Gasteiger partial charge in [-0.2, -0.15) is 0 Å². The van der Waals surface area contributed by atoms with Crippen LogP contribution in [-0.4, -0.2) is 33.2 Å². The van der Waals surface area contributed by atoms with Crippen molar-refractivity contribution in [3.05, 3.63) is 35.9 Å². The summed E-state index contributed by atoms with van der Waals surface area (Å²) in [6, 6.07) is 11.2. The molecule has 4 nitrogen and oxygen atoms in total. The SMILES string of the molecule is CC(C)O[Si](CCc1ccccc1)(OC(C)C)OC(C)(C)CCN. The van der Waals surface area contributed by atoms with Crippen LogP contribution in [0.3, 0.4) is 0 Å². The molecule has 0 atom stereocenters.